The molecule has 4 rings (SSSR count). The lowest BCUT2D eigenvalue weighted by atomic mass is 9.70. The van der Waals surface area contributed by atoms with E-state index in [-0.39, 0.29) is 0 Å². The number of nitrogens with one attached hydrogen (secondary N) is 2. The molecule has 1 aliphatic carbocycles. The lowest BCUT2D eigenvalue weighted by Crippen LogP contribution is -2.51. The van der Waals surface area contributed by atoms with Gasteiger partial charge in [-0.1, -0.05) is 6.42 Å². The smallest absolute Gasteiger partial charge is 0.100 e. The molecule has 0 aromatic heterocycles. The molecule has 3 aliphatic heterocycles. The van der Waals surface area contributed by atoms with Crippen molar-refractivity contribution in [2.24, 2.45) is 29.6 Å². The van der Waals surface area contributed by atoms with Crippen LogP contribution in [0.15, 0.2) is 0 Å². The van der Waals surface area contributed by atoms with Crippen LogP contribution in [0.5, 0.6) is 0 Å². The summed E-state index contributed by atoms with van der Waals surface area (Å²) in [6.07, 6.45) is 6.43. The van der Waals surface area contributed by atoms with Gasteiger partial charge in [-0.25, -0.2) is 4.39 Å². The third-order valence-corrected chi connectivity index (χ3v) is 6.61. The Bertz CT molecular complexity index is 361. The van der Waals surface area contributed by atoms with Crippen LogP contribution >= 0.6 is 0 Å². The molecule has 7 atom stereocenters. The molecule has 0 amide bonds. The Hall–Kier alpha value is -0.190. The van der Waals surface area contributed by atoms with Gasteiger partial charge in [0.25, 0.3) is 0 Å². The second kappa shape index (κ2) is 6.13. The number of piperidine rings is 1. The summed E-state index contributed by atoms with van der Waals surface area (Å²) in [6.45, 7) is 4.12. The molecular weight excluding hydrogens is 267 g/mol. The second-order valence-electron chi connectivity index (χ2n) is 7.77. The quantitative estimate of drug-likeness (QED) is 0.820. The Morgan fingerprint density at radius 3 is 2.57 bits per heavy atom. The van der Waals surface area contributed by atoms with Crippen molar-refractivity contribution in [3.63, 3.8) is 0 Å². The summed E-state index contributed by atoms with van der Waals surface area (Å²) in [5.74, 6) is 3.54. The summed E-state index contributed by atoms with van der Waals surface area (Å²) in [6, 6.07) is 0. The zero-order valence-corrected chi connectivity index (χ0v) is 12.9. The first-order chi connectivity index (χ1) is 10.3. The number of rotatable bonds is 2. The summed E-state index contributed by atoms with van der Waals surface area (Å²) < 4.78 is 19.3. The molecule has 3 nitrogen and oxygen atoms in total. The van der Waals surface area contributed by atoms with Gasteiger partial charge >= 0.3 is 0 Å². The van der Waals surface area contributed by atoms with Crippen molar-refractivity contribution in [3.8, 4) is 0 Å². The minimum absolute atomic E-state index is 0.497. The first-order valence-corrected chi connectivity index (χ1v) is 9.00. The molecule has 2 N–H and O–H groups in total. The van der Waals surface area contributed by atoms with E-state index in [9.17, 15) is 4.39 Å². The van der Waals surface area contributed by atoms with E-state index in [1.165, 1.54) is 19.3 Å². The topological polar surface area (TPSA) is 33.3 Å². The van der Waals surface area contributed by atoms with E-state index in [2.05, 4.69) is 10.6 Å². The highest BCUT2D eigenvalue weighted by Crippen LogP contribution is 2.42. The normalized spacial score (nSPS) is 51.0. The summed E-state index contributed by atoms with van der Waals surface area (Å²) in [4.78, 5) is 0. The second-order valence-corrected chi connectivity index (χ2v) is 7.77. The highest BCUT2D eigenvalue weighted by Gasteiger charge is 2.45. The van der Waals surface area contributed by atoms with Crippen LogP contribution in [-0.4, -0.2) is 38.6 Å². The predicted molar refractivity (Wildman–Crippen MR) is 80.7 cm³/mol. The van der Waals surface area contributed by atoms with Crippen LogP contribution < -0.4 is 10.6 Å². The fourth-order valence-corrected chi connectivity index (χ4v) is 5.42. The minimum atomic E-state index is -0.540. The fourth-order valence-electron chi connectivity index (χ4n) is 5.42. The molecule has 0 aromatic rings. The van der Waals surface area contributed by atoms with Gasteiger partial charge in [0.2, 0.25) is 0 Å². The minimum Gasteiger partial charge on any atom is -0.381 e. The molecule has 0 bridgehead atoms. The fraction of sp³-hybridized carbons (Fsp3) is 1.00. The van der Waals surface area contributed by atoms with Gasteiger partial charge in [0.1, 0.15) is 6.17 Å². The van der Waals surface area contributed by atoms with Crippen LogP contribution in [0.1, 0.15) is 38.5 Å². The van der Waals surface area contributed by atoms with Gasteiger partial charge in [-0.15, -0.1) is 0 Å². The lowest BCUT2D eigenvalue weighted by molar-refractivity contribution is 0.0857. The van der Waals surface area contributed by atoms with Crippen molar-refractivity contribution in [2.45, 2.75) is 50.9 Å². The predicted octanol–water partition coefficient (Wildman–Crippen LogP) is 2.32. The van der Waals surface area contributed by atoms with E-state index in [1.807, 2.05) is 0 Å². The molecule has 0 aromatic carbocycles. The summed E-state index contributed by atoms with van der Waals surface area (Å²) in [5, 5.41) is 7.40. The van der Waals surface area contributed by atoms with Crippen molar-refractivity contribution in [3.05, 3.63) is 0 Å². The standard InChI is InChI=1S/C17H29FN2O/c18-14-3-1-2-11(6-14)13-7-15-16(12-4-5-21-10-12)9-20-17(15)19-8-13/h11-17,19-20H,1-10H2. The van der Waals surface area contributed by atoms with E-state index >= 15 is 0 Å². The van der Waals surface area contributed by atoms with E-state index in [4.69, 9.17) is 4.74 Å². The third-order valence-electron chi connectivity index (χ3n) is 6.61. The average molecular weight is 296 g/mol. The zero-order valence-electron chi connectivity index (χ0n) is 12.9. The SMILES string of the molecule is FC1CCCC(C2CNC3NCC(C4CCOC4)C3C2)C1. The van der Waals surface area contributed by atoms with Crippen LogP contribution in [0.4, 0.5) is 4.39 Å². The van der Waals surface area contributed by atoms with Crippen LogP contribution in [0.2, 0.25) is 0 Å². The molecule has 1 saturated carbocycles. The average Bonchev–Trinajstić information content (AvgIpc) is 3.15. The Morgan fingerprint density at radius 2 is 1.76 bits per heavy atom. The van der Waals surface area contributed by atoms with Gasteiger partial charge in [-0.05, 0) is 68.2 Å². The van der Waals surface area contributed by atoms with E-state index in [0.717, 1.165) is 63.3 Å². The highest BCUT2D eigenvalue weighted by atomic mass is 19.1. The first kappa shape index (κ1) is 14.4. The van der Waals surface area contributed by atoms with Crippen LogP contribution in [0.3, 0.4) is 0 Å². The maximum absolute atomic E-state index is 13.7. The molecule has 21 heavy (non-hydrogen) atoms. The van der Waals surface area contributed by atoms with Gasteiger partial charge in [0, 0.05) is 19.8 Å². The molecule has 3 saturated heterocycles. The molecule has 4 heteroatoms. The summed E-state index contributed by atoms with van der Waals surface area (Å²) in [5.41, 5.74) is 0. The summed E-state index contributed by atoms with van der Waals surface area (Å²) in [7, 11) is 0. The molecule has 4 aliphatic rings. The van der Waals surface area contributed by atoms with E-state index in [0.29, 0.717) is 18.0 Å². The molecule has 7 unspecified atom stereocenters. The number of fused-ring (bicyclic) bond motifs is 1. The van der Waals surface area contributed by atoms with Crippen molar-refractivity contribution in [1.29, 1.82) is 0 Å². The zero-order chi connectivity index (χ0) is 14.2. The number of ether oxygens (including phenoxy) is 1. The third kappa shape index (κ3) is 2.87. The first-order valence-electron chi connectivity index (χ1n) is 9.00. The number of hydrogen-bond acceptors (Lipinski definition) is 3. The van der Waals surface area contributed by atoms with Crippen LogP contribution in [0.25, 0.3) is 0 Å². The van der Waals surface area contributed by atoms with Gasteiger partial charge in [-0.3, -0.25) is 0 Å². The largest absolute Gasteiger partial charge is 0.381 e. The van der Waals surface area contributed by atoms with Crippen molar-refractivity contribution in [1.82, 2.24) is 10.6 Å². The molecule has 4 fully saturated rings. The van der Waals surface area contributed by atoms with E-state index < -0.39 is 6.17 Å². The van der Waals surface area contributed by atoms with Crippen LogP contribution in [0, 0.1) is 29.6 Å². The molecule has 0 radical (unpaired) electrons. The van der Waals surface area contributed by atoms with Crippen molar-refractivity contribution < 1.29 is 9.13 Å². The number of halogens is 1. The number of hydrogen-bond donors (Lipinski definition) is 2. The Labute approximate surface area is 127 Å². The van der Waals surface area contributed by atoms with Gasteiger partial charge in [0.15, 0.2) is 0 Å². The molecule has 3 heterocycles. The lowest BCUT2D eigenvalue weighted by Gasteiger charge is -2.41. The highest BCUT2D eigenvalue weighted by molar-refractivity contribution is 4.98. The monoisotopic (exact) mass is 296 g/mol. The van der Waals surface area contributed by atoms with Crippen molar-refractivity contribution in [2.75, 3.05) is 26.3 Å². The Balaban J connectivity index is 1.41. The maximum Gasteiger partial charge on any atom is 0.100 e. The van der Waals surface area contributed by atoms with Gasteiger partial charge in [0.05, 0.1) is 6.17 Å². The van der Waals surface area contributed by atoms with Crippen molar-refractivity contribution >= 4 is 0 Å². The molecule has 120 valence electrons. The number of alkyl halides is 1. The summed E-state index contributed by atoms with van der Waals surface area (Å²) >= 11 is 0. The Morgan fingerprint density at radius 1 is 0.857 bits per heavy atom. The maximum atomic E-state index is 13.7. The van der Waals surface area contributed by atoms with Gasteiger partial charge < -0.3 is 15.4 Å². The van der Waals surface area contributed by atoms with E-state index in [1.54, 1.807) is 0 Å². The molecule has 0 spiro atoms. The van der Waals surface area contributed by atoms with Crippen LogP contribution in [-0.2, 0) is 4.74 Å². The van der Waals surface area contributed by atoms with Gasteiger partial charge in [-0.2, -0.15) is 0 Å². The molecular formula is C17H29FN2O. The Kier molecular flexibility index (Phi) is 4.21.